The average Bonchev–Trinajstić information content (AvgIpc) is 3.68. The number of aromatic nitrogens is 2. The molecule has 44 heavy (non-hydrogen) atoms. The Morgan fingerprint density at radius 3 is 2.39 bits per heavy atom. The summed E-state index contributed by atoms with van der Waals surface area (Å²) in [6.07, 6.45) is 4.97. The predicted octanol–water partition coefficient (Wildman–Crippen LogP) is 6.38. The summed E-state index contributed by atoms with van der Waals surface area (Å²) in [5.41, 5.74) is 2.12. The van der Waals surface area contributed by atoms with E-state index in [-0.39, 0.29) is 23.6 Å². The van der Waals surface area contributed by atoms with Gasteiger partial charge >= 0.3 is 0 Å². The summed E-state index contributed by atoms with van der Waals surface area (Å²) in [4.78, 5) is 30.3. The Labute approximate surface area is 256 Å². The van der Waals surface area contributed by atoms with Crippen molar-refractivity contribution in [2.24, 2.45) is 5.92 Å². The van der Waals surface area contributed by atoms with Gasteiger partial charge in [-0.25, -0.2) is 8.78 Å². The molecule has 0 bridgehead atoms. The molecule has 2 aliphatic heterocycles. The third-order valence-electron chi connectivity index (χ3n) is 9.09. The Balaban J connectivity index is 1.16. The first-order valence-corrected chi connectivity index (χ1v) is 15.7. The molecule has 1 N–H and O–H groups in total. The number of hydrogen-bond acceptors (Lipinski definition) is 6. The second-order valence-corrected chi connectivity index (χ2v) is 12.4. The zero-order valence-electron chi connectivity index (χ0n) is 25.1. The molecule has 2 saturated heterocycles. The summed E-state index contributed by atoms with van der Waals surface area (Å²) in [6, 6.07) is 16.1. The molecule has 8 nitrogen and oxygen atoms in total. The lowest BCUT2D eigenvalue weighted by atomic mass is 10.0. The van der Waals surface area contributed by atoms with E-state index in [2.05, 4.69) is 27.3 Å². The summed E-state index contributed by atoms with van der Waals surface area (Å²) < 4.78 is 32.0. The molecule has 0 spiro atoms. The van der Waals surface area contributed by atoms with Crippen molar-refractivity contribution in [1.29, 1.82) is 0 Å². The van der Waals surface area contributed by atoms with Gasteiger partial charge in [0, 0.05) is 61.4 Å². The highest BCUT2D eigenvalue weighted by atomic mass is 19.3. The van der Waals surface area contributed by atoms with E-state index in [0.29, 0.717) is 59.8 Å². The third kappa shape index (κ3) is 7.07. The van der Waals surface area contributed by atoms with Crippen LogP contribution in [0.4, 0.5) is 8.78 Å². The summed E-state index contributed by atoms with van der Waals surface area (Å²) in [5.74, 6) is 1.31. The number of nitrogens with zero attached hydrogens (tertiary/aromatic N) is 4. The van der Waals surface area contributed by atoms with Gasteiger partial charge in [-0.1, -0.05) is 25.8 Å². The molecule has 2 aromatic carbocycles. The van der Waals surface area contributed by atoms with Crippen LogP contribution in [0.1, 0.15) is 79.9 Å². The number of halogens is 2. The van der Waals surface area contributed by atoms with Gasteiger partial charge in [-0.15, -0.1) is 5.10 Å². The summed E-state index contributed by atoms with van der Waals surface area (Å²) in [6.45, 7) is 5.17. The van der Waals surface area contributed by atoms with E-state index in [4.69, 9.17) is 4.74 Å². The van der Waals surface area contributed by atoms with Crippen LogP contribution in [0.3, 0.4) is 0 Å². The van der Waals surface area contributed by atoms with Crippen LogP contribution in [0.15, 0.2) is 54.6 Å². The monoisotopic (exact) mass is 603 g/mol. The fourth-order valence-corrected chi connectivity index (χ4v) is 6.63. The quantitative estimate of drug-likeness (QED) is 0.306. The minimum atomic E-state index is -2.67. The van der Waals surface area contributed by atoms with Gasteiger partial charge < -0.3 is 19.9 Å². The second-order valence-electron chi connectivity index (χ2n) is 12.4. The summed E-state index contributed by atoms with van der Waals surface area (Å²) >= 11 is 0. The van der Waals surface area contributed by atoms with Crippen molar-refractivity contribution in [1.82, 2.24) is 25.3 Å². The molecule has 1 unspecified atom stereocenters. The Hall–Kier alpha value is -3.92. The lowest BCUT2D eigenvalue weighted by Crippen LogP contribution is -2.47. The molecule has 3 aromatic rings. The van der Waals surface area contributed by atoms with Crippen molar-refractivity contribution < 1.29 is 23.1 Å². The zero-order chi connectivity index (χ0) is 30.6. The number of rotatable bonds is 9. The van der Waals surface area contributed by atoms with Crippen LogP contribution in [-0.4, -0.2) is 63.5 Å². The van der Waals surface area contributed by atoms with Crippen LogP contribution >= 0.6 is 0 Å². The van der Waals surface area contributed by atoms with Gasteiger partial charge in [0.1, 0.15) is 17.2 Å². The molecule has 1 aromatic heterocycles. The lowest BCUT2D eigenvalue weighted by molar-refractivity contribution is -0.128. The van der Waals surface area contributed by atoms with E-state index in [1.165, 1.54) is 37.8 Å². The fourth-order valence-electron chi connectivity index (χ4n) is 6.63. The molecule has 0 radical (unpaired) electrons. The van der Waals surface area contributed by atoms with Gasteiger partial charge in [-0.3, -0.25) is 9.59 Å². The standard InChI is InChI=1S/C34H39F2N5O3/c1-22-18-32(42)41(20-22)21-25-7-6-24(34(43)37-26-14-16-40(17-15-26)27-4-2-3-5-27)19-31(25)44-28-10-8-23(9-11-28)29-12-13-30(33(35)36)39-38-29/h6-13,19,22,26-27,33H,2-5,14-18,20-21H2,1H3,(H,37,43). The minimum Gasteiger partial charge on any atom is -0.457 e. The molecule has 10 heteroatoms. The molecule has 2 amide bonds. The van der Waals surface area contributed by atoms with E-state index < -0.39 is 6.43 Å². The molecule has 1 atom stereocenters. The first kappa shape index (κ1) is 30.1. The highest BCUT2D eigenvalue weighted by Gasteiger charge is 2.29. The van der Waals surface area contributed by atoms with Crippen LogP contribution in [0.2, 0.25) is 0 Å². The molecular weight excluding hydrogens is 564 g/mol. The number of hydrogen-bond donors (Lipinski definition) is 1. The molecule has 3 aliphatic rings. The van der Waals surface area contributed by atoms with Crippen LogP contribution in [0.25, 0.3) is 11.3 Å². The number of likely N-dealkylation sites (tertiary alicyclic amines) is 2. The van der Waals surface area contributed by atoms with E-state index in [9.17, 15) is 18.4 Å². The van der Waals surface area contributed by atoms with Crippen LogP contribution < -0.4 is 10.1 Å². The molecular formula is C34H39F2N5O3. The maximum Gasteiger partial charge on any atom is 0.282 e. The van der Waals surface area contributed by atoms with E-state index in [0.717, 1.165) is 31.5 Å². The Bertz CT molecular complexity index is 1450. The number of alkyl halides is 2. The molecule has 232 valence electrons. The molecule has 1 aliphatic carbocycles. The number of carbonyl (C=O) groups excluding carboxylic acids is 2. The lowest BCUT2D eigenvalue weighted by Gasteiger charge is -2.36. The van der Waals surface area contributed by atoms with E-state index in [1.54, 1.807) is 36.4 Å². The van der Waals surface area contributed by atoms with Crippen molar-refractivity contribution in [3.63, 3.8) is 0 Å². The first-order chi connectivity index (χ1) is 21.3. The molecule has 6 rings (SSSR count). The van der Waals surface area contributed by atoms with Crippen molar-refractivity contribution in [3.8, 4) is 22.8 Å². The molecule has 3 heterocycles. The highest BCUT2D eigenvalue weighted by Crippen LogP contribution is 2.32. The number of carbonyl (C=O) groups is 2. The zero-order valence-corrected chi connectivity index (χ0v) is 25.1. The summed E-state index contributed by atoms with van der Waals surface area (Å²) in [5, 5.41) is 10.8. The smallest absolute Gasteiger partial charge is 0.282 e. The number of ether oxygens (including phenoxy) is 1. The Kier molecular flexibility index (Phi) is 9.16. The van der Waals surface area contributed by atoms with Crippen LogP contribution in [0.5, 0.6) is 11.5 Å². The van der Waals surface area contributed by atoms with Gasteiger partial charge in [-0.05, 0) is 80.1 Å². The number of nitrogens with one attached hydrogen (secondary N) is 1. The molecule has 3 fully saturated rings. The van der Waals surface area contributed by atoms with Crippen molar-refractivity contribution in [2.75, 3.05) is 19.6 Å². The van der Waals surface area contributed by atoms with Crippen LogP contribution in [-0.2, 0) is 11.3 Å². The van der Waals surface area contributed by atoms with Gasteiger partial charge in [0.15, 0.2) is 0 Å². The second kappa shape index (κ2) is 13.4. The van der Waals surface area contributed by atoms with Crippen molar-refractivity contribution >= 4 is 11.8 Å². The Morgan fingerprint density at radius 1 is 1.00 bits per heavy atom. The van der Waals surface area contributed by atoms with Gasteiger partial charge in [0.2, 0.25) is 5.91 Å². The van der Waals surface area contributed by atoms with E-state index >= 15 is 0 Å². The SMILES string of the molecule is CC1CC(=O)N(Cc2ccc(C(=O)NC3CCN(C4CCCC4)CC3)cc2Oc2ccc(-c3ccc(C(F)F)nn3)cc2)C1. The highest BCUT2D eigenvalue weighted by molar-refractivity contribution is 5.95. The predicted molar refractivity (Wildman–Crippen MR) is 162 cm³/mol. The van der Waals surface area contributed by atoms with Crippen molar-refractivity contribution in [3.05, 3.63) is 71.4 Å². The van der Waals surface area contributed by atoms with Gasteiger partial charge in [0.25, 0.3) is 12.3 Å². The summed E-state index contributed by atoms with van der Waals surface area (Å²) in [7, 11) is 0. The van der Waals surface area contributed by atoms with Crippen LogP contribution in [0, 0.1) is 5.92 Å². The topological polar surface area (TPSA) is 87.7 Å². The Morgan fingerprint density at radius 2 is 1.75 bits per heavy atom. The number of benzene rings is 2. The molecule has 1 saturated carbocycles. The van der Waals surface area contributed by atoms with Crippen molar-refractivity contribution in [2.45, 2.75) is 76.9 Å². The van der Waals surface area contributed by atoms with E-state index in [1.807, 2.05) is 11.0 Å². The normalized spacial score (nSPS) is 20.0. The maximum atomic E-state index is 13.4. The third-order valence-corrected chi connectivity index (χ3v) is 9.09. The van der Waals surface area contributed by atoms with Gasteiger partial charge in [-0.2, -0.15) is 5.10 Å². The van der Waals surface area contributed by atoms with Gasteiger partial charge in [0.05, 0.1) is 5.69 Å². The average molecular weight is 604 g/mol. The number of piperidine rings is 1. The first-order valence-electron chi connectivity index (χ1n) is 15.7. The fraction of sp³-hybridized carbons (Fsp3) is 0.471. The maximum absolute atomic E-state index is 13.4. The number of amides is 2. The largest absolute Gasteiger partial charge is 0.457 e. The minimum absolute atomic E-state index is 0.109.